The maximum absolute atomic E-state index is 12.2. The average Bonchev–Trinajstić information content (AvgIpc) is 2.69. The molecule has 3 N–H and O–H groups in total. The SMILES string of the molecule is CCOc1cc(CNC(C)(C)CO)c(Cl)cc1OCC(=O)Nc1ccc(C)cc1. The molecule has 2 rings (SSSR count). The molecule has 0 radical (unpaired) electrons. The third-order valence-corrected chi connectivity index (χ3v) is 4.61. The molecule has 0 spiro atoms. The first-order chi connectivity index (χ1) is 13.7. The van der Waals surface area contributed by atoms with Gasteiger partial charge in [-0.05, 0) is 51.5 Å². The zero-order valence-electron chi connectivity index (χ0n) is 17.3. The van der Waals surface area contributed by atoms with E-state index in [-0.39, 0.29) is 19.1 Å². The normalized spacial score (nSPS) is 11.2. The Labute approximate surface area is 177 Å². The van der Waals surface area contributed by atoms with E-state index in [0.29, 0.717) is 35.4 Å². The summed E-state index contributed by atoms with van der Waals surface area (Å²) < 4.78 is 11.3. The standard InChI is InChI=1S/C22H29ClN2O4/c1-5-28-19-10-16(12-24-22(3,4)14-26)18(23)11-20(19)29-13-21(27)25-17-8-6-15(2)7-9-17/h6-11,24,26H,5,12-14H2,1-4H3,(H,25,27). The number of aliphatic hydroxyl groups is 1. The molecular formula is C22H29ClN2O4. The number of halogens is 1. The number of carbonyl (C=O) groups excluding carboxylic acids is 1. The zero-order valence-corrected chi connectivity index (χ0v) is 18.1. The number of amides is 1. The molecule has 1 amide bonds. The minimum atomic E-state index is -0.432. The maximum atomic E-state index is 12.2. The van der Waals surface area contributed by atoms with Crippen molar-refractivity contribution in [2.24, 2.45) is 0 Å². The number of aryl methyl sites for hydroxylation is 1. The molecule has 158 valence electrons. The smallest absolute Gasteiger partial charge is 0.262 e. The van der Waals surface area contributed by atoms with Crippen molar-refractivity contribution in [1.29, 1.82) is 0 Å². The van der Waals surface area contributed by atoms with Crippen LogP contribution in [-0.2, 0) is 11.3 Å². The molecule has 0 aliphatic heterocycles. The Kier molecular flexibility index (Phi) is 8.32. The highest BCUT2D eigenvalue weighted by molar-refractivity contribution is 6.31. The van der Waals surface area contributed by atoms with Gasteiger partial charge in [0.25, 0.3) is 5.91 Å². The van der Waals surface area contributed by atoms with Crippen LogP contribution in [0.3, 0.4) is 0 Å². The van der Waals surface area contributed by atoms with Crippen LogP contribution in [0.5, 0.6) is 11.5 Å². The van der Waals surface area contributed by atoms with Gasteiger partial charge in [0, 0.05) is 28.9 Å². The molecule has 2 aromatic carbocycles. The van der Waals surface area contributed by atoms with Gasteiger partial charge >= 0.3 is 0 Å². The van der Waals surface area contributed by atoms with Crippen molar-refractivity contribution in [3.05, 3.63) is 52.5 Å². The molecule has 0 atom stereocenters. The van der Waals surface area contributed by atoms with Crippen LogP contribution in [-0.4, -0.2) is 36.4 Å². The van der Waals surface area contributed by atoms with Gasteiger partial charge in [-0.1, -0.05) is 29.3 Å². The van der Waals surface area contributed by atoms with Gasteiger partial charge in [-0.3, -0.25) is 4.79 Å². The largest absolute Gasteiger partial charge is 0.490 e. The molecule has 0 saturated carbocycles. The highest BCUT2D eigenvalue weighted by atomic mass is 35.5. The number of aliphatic hydroxyl groups excluding tert-OH is 1. The fourth-order valence-corrected chi connectivity index (χ4v) is 2.68. The second kappa shape index (κ2) is 10.5. The van der Waals surface area contributed by atoms with Crippen molar-refractivity contribution >= 4 is 23.2 Å². The molecule has 0 bridgehead atoms. The van der Waals surface area contributed by atoms with Gasteiger partial charge in [0.05, 0.1) is 13.2 Å². The van der Waals surface area contributed by atoms with E-state index >= 15 is 0 Å². The van der Waals surface area contributed by atoms with Crippen molar-refractivity contribution in [1.82, 2.24) is 5.32 Å². The molecule has 0 heterocycles. The van der Waals surface area contributed by atoms with Crippen molar-refractivity contribution in [3.63, 3.8) is 0 Å². The van der Waals surface area contributed by atoms with Crippen LogP contribution in [0.25, 0.3) is 0 Å². The zero-order chi connectivity index (χ0) is 21.4. The molecule has 0 aliphatic carbocycles. The summed E-state index contributed by atoms with van der Waals surface area (Å²) in [5, 5.41) is 15.9. The molecular weight excluding hydrogens is 392 g/mol. The van der Waals surface area contributed by atoms with Gasteiger partial charge in [0.1, 0.15) is 0 Å². The minimum absolute atomic E-state index is 0.000224. The van der Waals surface area contributed by atoms with E-state index in [4.69, 9.17) is 21.1 Å². The Bertz CT molecular complexity index is 822. The third-order valence-electron chi connectivity index (χ3n) is 4.26. The van der Waals surface area contributed by atoms with E-state index in [1.165, 1.54) is 0 Å². The third kappa shape index (κ3) is 7.24. The quantitative estimate of drug-likeness (QED) is 0.542. The lowest BCUT2D eigenvalue weighted by molar-refractivity contribution is -0.118. The Balaban J connectivity index is 2.05. The predicted molar refractivity (Wildman–Crippen MR) is 116 cm³/mol. The predicted octanol–water partition coefficient (Wildman–Crippen LogP) is 3.93. The first-order valence-corrected chi connectivity index (χ1v) is 9.92. The number of carbonyl (C=O) groups is 1. The summed E-state index contributed by atoms with van der Waals surface area (Å²) in [5.41, 5.74) is 2.21. The van der Waals surface area contributed by atoms with E-state index in [9.17, 15) is 9.90 Å². The molecule has 7 heteroatoms. The first-order valence-electron chi connectivity index (χ1n) is 9.54. The van der Waals surface area contributed by atoms with Gasteiger partial charge in [0.15, 0.2) is 18.1 Å². The molecule has 0 unspecified atom stereocenters. The van der Waals surface area contributed by atoms with Crippen molar-refractivity contribution in [2.45, 2.75) is 39.8 Å². The topological polar surface area (TPSA) is 79.8 Å². The van der Waals surface area contributed by atoms with Gasteiger partial charge < -0.3 is 25.2 Å². The fourth-order valence-electron chi connectivity index (χ4n) is 2.46. The van der Waals surface area contributed by atoms with Gasteiger partial charge in [-0.15, -0.1) is 0 Å². The Morgan fingerprint density at radius 3 is 2.41 bits per heavy atom. The van der Waals surface area contributed by atoms with Crippen molar-refractivity contribution in [3.8, 4) is 11.5 Å². The van der Waals surface area contributed by atoms with E-state index in [1.807, 2.05) is 52.0 Å². The summed E-state index contributed by atoms with van der Waals surface area (Å²) >= 11 is 6.39. The van der Waals surface area contributed by atoms with Gasteiger partial charge in [0.2, 0.25) is 0 Å². The summed E-state index contributed by atoms with van der Waals surface area (Å²) in [4.78, 5) is 12.2. The number of benzene rings is 2. The second-order valence-electron chi connectivity index (χ2n) is 7.42. The molecule has 0 saturated heterocycles. The number of anilines is 1. The Morgan fingerprint density at radius 1 is 1.14 bits per heavy atom. The summed E-state index contributed by atoms with van der Waals surface area (Å²) in [6.45, 7) is 8.39. The lowest BCUT2D eigenvalue weighted by Crippen LogP contribution is -2.42. The lowest BCUT2D eigenvalue weighted by atomic mass is 10.1. The van der Waals surface area contributed by atoms with E-state index in [2.05, 4.69) is 10.6 Å². The monoisotopic (exact) mass is 420 g/mol. The fraction of sp³-hybridized carbons (Fsp3) is 0.409. The van der Waals surface area contributed by atoms with Gasteiger partial charge in [-0.25, -0.2) is 0 Å². The summed E-state index contributed by atoms with van der Waals surface area (Å²) in [7, 11) is 0. The first kappa shape index (κ1) is 23.0. The van der Waals surface area contributed by atoms with E-state index in [0.717, 1.165) is 11.1 Å². The highest BCUT2D eigenvalue weighted by Gasteiger charge is 2.18. The molecule has 0 fully saturated rings. The Morgan fingerprint density at radius 2 is 1.79 bits per heavy atom. The highest BCUT2D eigenvalue weighted by Crippen LogP contribution is 2.34. The van der Waals surface area contributed by atoms with Crippen LogP contribution in [0.1, 0.15) is 31.9 Å². The number of hydrogen-bond acceptors (Lipinski definition) is 5. The molecule has 2 aromatic rings. The van der Waals surface area contributed by atoms with Crippen LogP contribution in [0.15, 0.2) is 36.4 Å². The van der Waals surface area contributed by atoms with Crippen LogP contribution in [0.4, 0.5) is 5.69 Å². The summed E-state index contributed by atoms with van der Waals surface area (Å²) in [6.07, 6.45) is 0. The van der Waals surface area contributed by atoms with Crippen LogP contribution >= 0.6 is 11.6 Å². The van der Waals surface area contributed by atoms with Crippen molar-refractivity contribution < 1.29 is 19.4 Å². The maximum Gasteiger partial charge on any atom is 0.262 e. The number of hydrogen-bond donors (Lipinski definition) is 3. The average molecular weight is 421 g/mol. The summed E-state index contributed by atoms with van der Waals surface area (Å²) in [5.74, 6) is 0.641. The number of ether oxygens (including phenoxy) is 2. The molecule has 6 nitrogen and oxygen atoms in total. The van der Waals surface area contributed by atoms with E-state index < -0.39 is 5.54 Å². The minimum Gasteiger partial charge on any atom is -0.490 e. The number of rotatable bonds is 10. The Hall–Kier alpha value is -2.28. The van der Waals surface area contributed by atoms with E-state index in [1.54, 1.807) is 12.1 Å². The van der Waals surface area contributed by atoms with Gasteiger partial charge in [-0.2, -0.15) is 0 Å². The molecule has 29 heavy (non-hydrogen) atoms. The summed E-state index contributed by atoms with van der Waals surface area (Å²) in [6, 6.07) is 11.0. The number of nitrogens with one attached hydrogen (secondary N) is 2. The molecule has 0 aromatic heterocycles. The van der Waals surface area contributed by atoms with Crippen LogP contribution in [0.2, 0.25) is 5.02 Å². The lowest BCUT2D eigenvalue weighted by Gasteiger charge is -2.24. The van der Waals surface area contributed by atoms with Crippen LogP contribution in [0, 0.1) is 6.92 Å². The van der Waals surface area contributed by atoms with Crippen LogP contribution < -0.4 is 20.1 Å². The second-order valence-corrected chi connectivity index (χ2v) is 7.83. The van der Waals surface area contributed by atoms with Crippen molar-refractivity contribution in [2.75, 3.05) is 25.1 Å². The molecule has 0 aliphatic rings.